The van der Waals surface area contributed by atoms with Crippen LogP contribution in [-0.2, 0) is 4.79 Å². The maximum atomic E-state index is 11.5. The third-order valence-electron chi connectivity index (χ3n) is 3.02. The summed E-state index contributed by atoms with van der Waals surface area (Å²) >= 11 is 1.16. The molecule has 2 aromatic rings. The molecule has 0 unspecified atom stereocenters. The number of azo groups is 1. The zero-order valence-corrected chi connectivity index (χ0v) is 11.7. The molecule has 0 radical (unpaired) electrons. The largest absolute Gasteiger partial charge is 0.493 e. The molecule has 1 aliphatic rings. The van der Waals surface area contributed by atoms with E-state index in [9.17, 15) is 9.90 Å². The summed E-state index contributed by atoms with van der Waals surface area (Å²) in [4.78, 5) is 18.1. The second-order valence-electron chi connectivity index (χ2n) is 4.42. The highest BCUT2D eigenvalue weighted by atomic mass is 32.2. The molecule has 0 fully saturated rings. The molecule has 3 N–H and O–H groups in total. The lowest BCUT2D eigenvalue weighted by atomic mass is 10.2. The van der Waals surface area contributed by atoms with Gasteiger partial charge in [0.1, 0.15) is 0 Å². The fourth-order valence-electron chi connectivity index (χ4n) is 2.02. The van der Waals surface area contributed by atoms with Crippen molar-refractivity contribution in [2.45, 2.75) is 11.7 Å². The molecule has 0 bridgehead atoms. The fraction of sp³-hybridized carbons (Fsp3) is 0.231. The Hall–Kier alpha value is -2.19. The summed E-state index contributed by atoms with van der Waals surface area (Å²) in [5.74, 6) is -0.395. The van der Waals surface area contributed by atoms with E-state index >= 15 is 0 Å². The number of carbonyl (C=O) groups excluding carboxylic acids is 1. The number of thioether (sulfide) groups is 1. The summed E-state index contributed by atoms with van der Waals surface area (Å²) in [6.07, 6.45) is 0.338. The lowest BCUT2D eigenvalue weighted by Gasteiger charge is -2.00. The standard InChI is InChI=1S/C13H12N4O3S/c18-6-5-9-11(19)15-13(21-9)17-16-10-7-3-1-2-4-8(7)14-12(10)20/h1-4,9,14,18,20H,5-6H2/t9-/m0/s1. The van der Waals surface area contributed by atoms with Crippen LogP contribution in [0.3, 0.4) is 0 Å². The molecule has 1 aromatic heterocycles. The van der Waals surface area contributed by atoms with Gasteiger partial charge in [-0.15, -0.1) is 10.2 Å². The Morgan fingerprint density at radius 2 is 2.14 bits per heavy atom. The van der Waals surface area contributed by atoms with E-state index in [0.29, 0.717) is 12.1 Å². The van der Waals surface area contributed by atoms with Crippen LogP contribution in [0.5, 0.6) is 5.88 Å². The van der Waals surface area contributed by atoms with Gasteiger partial charge in [0.25, 0.3) is 5.91 Å². The molecule has 1 atom stereocenters. The number of hydrogen-bond donors (Lipinski definition) is 3. The first-order chi connectivity index (χ1) is 10.2. The summed E-state index contributed by atoms with van der Waals surface area (Å²) in [6.45, 7) is -0.0768. The number of aromatic hydroxyl groups is 1. The van der Waals surface area contributed by atoms with Crippen LogP contribution in [0.2, 0.25) is 0 Å². The summed E-state index contributed by atoms with van der Waals surface area (Å²) < 4.78 is 0. The topological polar surface area (TPSA) is 110 Å². The minimum Gasteiger partial charge on any atom is -0.493 e. The van der Waals surface area contributed by atoms with Crippen LogP contribution >= 0.6 is 11.8 Å². The first kappa shape index (κ1) is 13.8. The quantitative estimate of drug-likeness (QED) is 0.756. The van der Waals surface area contributed by atoms with Gasteiger partial charge in [-0.1, -0.05) is 30.0 Å². The first-order valence-electron chi connectivity index (χ1n) is 6.30. The Bertz CT molecular complexity index is 753. The highest BCUT2D eigenvalue weighted by molar-refractivity contribution is 8.15. The highest BCUT2D eigenvalue weighted by Crippen LogP contribution is 2.36. The van der Waals surface area contributed by atoms with Crippen LogP contribution in [0.4, 0.5) is 5.69 Å². The molecule has 21 heavy (non-hydrogen) atoms. The number of hydrogen-bond acceptors (Lipinski definition) is 6. The van der Waals surface area contributed by atoms with Crippen molar-refractivity contribution in [1.29, 1.82) is 0 Å². The first-order valence-corrected chi connectivity index (χ1v) is 7.18. The smallest absolute Gasteiger partial charge is 0.261 e. The van der Waals surface area contributed by atoms with Gasteiger partial charge in [0.2, 0.25) is 11.0 Å². The SMILES string of the molecule is O=C1N=C(N=Nc2c(O)[nH]c3ccccc23)S[C@H]1CCO. The van der Waals surface area contributed by atoms with E-state index in [2.05, 4.69) is 20.2 Å². The maximum Gasteiger partial charge on any atom is 0.261 e. The highest BCUT2D eigenvalue weighted by Gasteiger charge is 2.28. The number of aromatic amines is 1. The molecule has 0 aliphatic carbocycles. The predicted molar refractivity (Wildman–Crippen MR) is 80.0 cm³/mol. The van der Waals surface area contributed by atoms with Crippen molar-refractivity contribution in [3.8, 4) is 5.88 Å². The Morgan fingerprint density at radius 3 is 2.95 bits per heavy atom. The molecule has 0 saturated carbocycles. The molecule has 1 aromatic carbocycles. The monoisotopic (exact) mass is 304 g/mol. The number of amides is 1. The van der Waals surface area contributed by atoms with Crippen molar-refractivity contribution in [1.82, 2.24) is 4.98 Å². The number of aliphatic hydroxyl groups is 1. The number of rotatable bonds is 3. The fourth-order valence-corrected chi connectivity index (χ4v) is 2.88. The van der Waals surface area contributed by atoms with E-state index in [4.69, 9.17) is 5.11 Å². The van der Waals surface area contributed by atoms with Crippen molar-refractivity contribution < 1.29 is 15.0 Å². The van der Waals surface area contributed by atoms with Gasteiger partial charge in [-0.25, -0.2) is 0 Å². The van der Waals surface area contributed by atoms with Gasteiger partial charge in [-0.2, -0.15) is 4.99 Å². The second-order valence-corrected chi connectivity index (χ2v) is 5.59. The van der Waals surface area contributed by atoms with Crippen molar-refractivity contribution in [3.63, 3.8) is 0 Å². The number of aliphatic hydroxyl groups excluding tert-OH is 1. The summed E-state index contributed by atoms with van der Waals surface area (Å²) in [5.41, 5.74) is 1.06. The number of nitrogens with zero attached hydrogens (tertiary/aromatic N) is 3. The number of aliphatic imine (C=N–C) groups is 1. The van der Waals surface area contributed by atoms with Crippen molar-refractivity contribution >= 4 is 39.4 Å². The van der Waals surface area contributed by atoms with E-state index in [0.717, 1.165) is 22.7 Å². The van der Waals surface area contributed by atoms with E-state index < -0.39 is 5.25 Å². The van der Waals surface area contributed by atoms with Crippen molar-refractivity contribution in [2.24, 2.45) is 15.2 Å². The molecule has 1 amide bonds. The van der Waals surface area contributed by atoms with E-state index in [1.54, 1.807) is 0 Å². The average molecular weight is 304 g/mol. The lowest BCUT2D eigenvalue weighted by molar-refractivity contribution is -0.117. The van der Waals surface area contributed by atoms with Crippen LogP contribution in [0.1, 0.15) is 6.42 Å². The molecular formula is C13H12N4O3S. The Morgan fingerprint density at radius 1 is 1.33 bits per heavy atom. The minimum atomic E-state index is -0.402. The summed E-state index contributed by atoms with van der Waals surface area (Å²) in [6, 6.07) is 7.30. The van der Waals surface area contributed by atoms with E-state index in [-0.39, 0.29) is 23.6 Å². The molecule has 3 rings (SSSR count). The number of H-pyrrole nitrogens is 1. The number of para-hydroxylation sites is 1. The number of nitrogens with one attached hydrogen (secondary N) is 1. The minimum absolute atomic E-state index is 0.0768. The zero-order valence-electron chi connectivity index (χ0n) is 10.9. The number of carbonyl (C=O) groups is 1. The second kappa shape index (κ2) is 5.66. The van der Waals surface area contributed by atoms with Gasteiger partial charge in [0.15, 0.2) is 5.69 Å². The molecule has 7 nitrogen and oxygen atoms in total. The van der Waals surface area contributed by atoms with E-state index in [1.165, 1.54) is 0 Å². The maximum absolute atomic E-state index is 11.5. The van der Waals surface area contributed by atoms with Gasteiger partial charge in [0, 0.05) is 12.0 Å². The van der Waals surface area contributed by atoms with Gasteiger partial charge in [0.05, 0.1) is 10.8 Å². The van der Waals surface area contributed by atoms with Gasteiger partial charge >= 0.3 is 0 Å². The molecule has 2 heterocycles. The number of aromatic nitrogens is 1. The third-order valence-corrected chi connectivity index (χ3v) is 4.12. The third kappa shape index (κ3) is 2.67. The van der Waals surface area contributed by atoms with Crippen LogP contribution < -0.4 is 0 Å². The molecule has 1 aliphatic heterocycles. The lowest BCUT2D eigenvalue weighted by Crippen LogP contribution is -2.11. The van der Waals surface area contributed by atoms with Crippen LogP contribution in [0.15, 0.2) is 39.5 Å². The molecule has 0 saturated heterocycles. The Kier molecular flexibility index (Phi) is 3.72. The normalized spacial score (nSPS) is 18.8. The Labute approximate surface area is 123 Å². The van der Waals surface area contributed by atoms with Gasteiger partial charge in [-0.05, 0) is 12.5 Å². The van der Waals surface area contributed by atoms with Gasteiger partial charge in [-0.3, -0.25) is 4.79 Å². The Balaban J connectivity index is 1.84. The predicted octanol–water partition coefficient (Wildman–Crippen LogP) is 2.34. The molecule has 108 valence electrons. The van der Waals surface area contributed by atoms with E-state index in [1.807, 2.05) is 24.3 Å². The summed E-state index contributed by atoms with van der Waals surface area (Å²) in [7, 11) is 0. The van der Waals surface area contributed by atoms with Crippen molar-refractivity contribution in [3.05, 3.63) is 24.3 Å². The molecule has 8 heteroatoms. The number of benzene rings is 1. The van der Waals surface area contributed by atoms with Crippen LogP contribution in [-0.4, -0.2) is 38.1 Å². The van der Waals surface area contributed by atoms with Crippen LogP contribution in [0.25, 0.3) is 10.9 Å². The van der Waals surface area contributed by atoms with Crippen LogP contribution in [0, 0.1) is 0 Å². The van der Waals surface area contributed by atoms with Gasteiger partial charge < -0.3 is 15.2 Å². The average Bonchev–Trinajstić information content (AvgIpc) is 2.97. The van der Waals surface area contributed by atoms with Crippen molar-refractivity contribution in [2.75, 3.05) is 6.61 Å². The number of fused-ring (bicyclic) bond motifs is 1. The zero-order chi connectivity index (χ0) is 14.8. The number of amidine groups is 1. The molecule has 0 spiro atoms. The molecular weight excluding hydrogens is 292 g/mol. The summed E-state index contributed by atoms with van der Waals surface area (Å²) in [5, 5.41) is 27.2.